The number of carbonyl (C=O) groups excluding carboxylic acids is 1. The molecule has 2 heterocycles. The Morgan fingerprint density at radius 3 is 2.43 bits per heavy atom. The smallest absolute Gasteiger partial charge is 0.264 e. The minimum Gasteiger partial charge on any atom is -0.379 e. The van der Waals surface area contributed by atoms with Crippen LogP contribution in [0, 0.1) is 11.3 Å². The van der Waals surface area contributed by atoms with Crippen LogP contribution in [0.4, 0.5) is 0 Å². The van der Waals surface area contributed by atoms with E-state index < -0.39 is 0 Å². The van der Waals surface area contributed by atoms with Gasteiger partial charge < -0.3 is 15.0 Å². The molecule has 2 aliphatic heterocycles. The first-order valence-electron chi connectivity index (χ1n) is 7.50. The monoisotopic (exact) mass is 292 g/mol. The van der Waals surface area contributed by atoms with Gasteiger partial charge in [-0.2, -0.15) is 5.26 Å². The number of morpholine rings is 1. The third-order valence-corrected chi connectivity index (χ3v) is 4.08. The molecule has 0 bridgehead atoms. The number of rotatable bonds is 3. The van der Waals surface area contributed by atoms with E-state index in [2.05, 4.69) is 16.3 Å². The van der Waals surface area contributed by atoms with Crippen molar-refractivity contribution in [3.05, 3.63) is 11.6 Å². The molecule has 2 fully saturated rings. The van der Waals surface area contributed by atoms with E-state index in [9.17, 15) is 10.1 Å². The molecule has 0 atom stereocenters. The summed E-state index contributed by atoms with van der Waals surface area (Å²) >= 11 is 0. The van der Waals surface area contributed by atoms with E-state index in [1.165, 1.54) is 0 Å². The second-order valence-electron chi connectivity index (χ2n) is 5.97. The van der Waals surface area contributed by atoms with Crippen molar-refractivity contribution in [3.8, 4) is 6.07 Å². The Morgan fingerprint density at radius 1 is 1.24 bits per heavy atom. The first-order valence-corrected chi connectivity index (χ1v) is 7.50. The standard InChI is InChI=1S/C15H24N4O2/c1-15(2,19-7-9-21-10-8-19)11-13(12-16)14(20)18-5-3-17-4-6-18/h11,17H,3-10H2,1-2H3. The molecule has 0 unspecified atom stereocenters. The summed E-state index contributed by atoms with van der Waals surface area (Å²) in [5.74, 6) is -0.152. The summed E-state index contributed by atoms with van der Waals surface area (Å²) in [4.78, 5) is 16.5. The molecule has 6 heteroatoms. The molecule has 6 nitrogen and oxygen atoms in total. The minimum atomic E-state index is -0.321. The molecule has 0 aromatic heterocycles. The lowest BCUT2D eigenvalue weighted by atomic mass is 9.98. The maximum Gasteiger partial charge on any atom is 0.264 e. The van der Waals surface area contributed by atoms with E-state index in [1.807, 2.05) is 19.9 Å². The predicted molar refractivity (Wildman–Crippen MR) is 79.6 cm³/mol. The number of nitrogens with zero attached hydrogens (tertiary/aromatic N) is 3. The maximum atomic E-state index is 12.5. The Bertz CT molecular complexity index is 441. The van der Waals surface area contributed by atoms with Gasteiger partial charge in [0.15, 0.2) is 0 Å². The van der Waals surface area contributed by atoms with Gasteiger partial charge in [0.05, 0.1) is 13.2 Å². The largest absolute Gasteiger partial charge is 0.379 e. The number of nitriles is 1. The third kappa shape index (κ3) is 4.03. The van der Waals surface area contributed by atoms with Gasteiger partial charge in [-0.25, -0.2) is 0 Å². The van der Waals surface area contributed by atoms with Crippen LogP contribution in [0.15, 0.2) is 11.6 Å². The van der Waals surface area contributed by atoms with Crippen LogP contribution in [-0.2, 0) is 9.53 Å². The Morgan fingerprint density at radius 2 is 1.86 bits per heavy atom. The summed E-state index contributed by atoms with van der Waals surface area (Å²) in [6, 6.07) is 2.09. The first-order chi connectivity index (χ1) is 10.0. The van der Waals surface area contributed by atoms with E-state index in [-0.39, 0.29) is 17.0 Å². The third-order valence-electron chi connectivity index (χ3n) is 4.08. The highest BCUT2D eigenvalue weighted by molar-refractivity contribution is 5.97. The quantitative estimate of drug-likeness (QED) is 0.585. The zero-order valence-electron chi connectivity index (χ0n) is 12.9. The normalized spacial score (nSPS) is 22.0. The number of piperazine rings is 1. The number of amides is 1. The highest BCUT2D eigenvalue weighted by Crippen LogP contribution is 2.20. The molecule has 2 aliphatic rings. The topological polar surface area (TPSA) is 68.6 Å². The highest BCUT2D eigenvalue weighted by Gasteiger charge is 2.29. The number of hydrogen-bond acceptors (Lipinski definition) is 5. The molecule has 2 rings (SSSR count). The molecule has 1 amide bonds. The lowest BCUT2D eigenvalue weighted by Crippen LogP contribution is -2.50. The lowest BCUT2D eigenvalue weighted by Gasteiger charge is -2.39. The number of nitrogens with one attached hydrogen (secondary N) is 1. The summed E-state index contributed by atoms with van der Waals surface area (Å²) in [7, 11) is 0. The van der Waals surface area contributed by atoms with Gasteiger partial charge in [-0.3, -0.25) is 9.69 Å². The fourth-order valence-electron chi connectivity index (χ4n) is 2.76. The van der Waals surface area contributed by atoms with Crippen LogP contribution in [0.3, 0.4) is 0 Å². The summed E-state index contributed by atoms with van der Waals surface area (Å²) in [5, 5.41) is 12.6. The highest BCUT2D eigenvalue weighted by atomic mass is 16.5. The zero-order valence-corrected chi connectivity index (χ0v) is 12.9. The molecule has 0 aliphatic carbocycles. The second kappa shape index (κ2) is 7.03. The van der Waals surface area contributed by atoms with Crippen molar-refractivity contribution in [1.29, 1.82) is 5.26 Å². The summed E-state index contributed by atoms with van der Waals surface area (Å²) in [6.07, 6.45) is 1.81. The van der Waals surface area contributed by atoms with E-state index in [0.29, 0.717) is 26.3 Å². The molecule has 2 saturated heterocycles. The van der Waals surface area contributed by atoms with Crippen molar-refractivity contribution in [2.75, 3.05) is 52.5 Å². The Kier molecular flexibility index (Phi) is 5.34. The molecular weight excluding hydrogens is 268 g/mol. The van der Waals surface area contributed by atoms with E-state index in [0.717, 1.165) is 26.2 Å². The second-order valence-corrected chi connectivity index (χ2v) is 5.97. The van der Waals surface area contributed by atoms with E-state index >= 15 is 0 Å². The first kappa shape index (κ1) is 16.0. The van der Waals surface area contributed by atoms with E-state index in [4.69, 9.17) is 4.74 Å². The van der Waals surface area contributed by atoms with Crippen molar-refractivity contribution in [2.24, 2.45) is 0 Å². The van der Waals surface area contributed by atoms with Gasteiger partial charge in [-0.05, 0) is 19.9 Å². The fourth-order valence-corrected chi connectivity index (χ4v) is 2.76. The van der Waals surface area contributed by atoms with Crippen LogP contribution in [-0.4, -0.2) is 73.7 Å². The molecule has 0 aromatic carbocycles. The van der Waals surface area contributed by atoms with Crippen LogP contribution in [0.25, 0.3) is 0 Å². The van der Waals surface area contributed by atoms with Gasteiger partial charge in [-0.1, -0.05) is 0 Å². The molecule has 0 spiro atoms. The SMILES string of the molecule is CC(C)(C=C(C#N)C(=O)N1CCNCC1)N1CCOCC1. The average molecular weight is 292 g/mol. The summed E-state index contributed by atoms with van der Waals surface area (Å²) < 4.78 is 5.36. The van der Waals surface area contributed by atoms with Gasteiger partial charge in [0.25, 0.3) is 5.91 Å². The van der Waals surface area contributed by atoms with Crippen molar-refractivity contribution in [1.82, 2.24) is 15.1 Å². The zero-order chi connectivity index (χ0) is 15.3. The summed E-state index contributed by atoms with van der Waals surface area (Å²) in [6.45, 7) is 10.0. The van der Waals surface area contributed by atoms with E-state index in [1.54, 1.807) is 4.90 Å². The van der Waals surface area contributed by atoms with Gasteiger partial charge in [0, 0.05) is 44.8 Å². The minimum absolute atomic E-state index is 0.152. The van der Waals surface area contributed by atoms with Crippen molar-refractivity contribution in [3.63, 3.8) is 0 Å². The van der Waals surface area contributed by atoms with Gasteiger partial charge in [-0.15, -0.1) is 0 Å². The fraction of sp³-hybridized carbons (Fsp3) is 0.733. The molecule has 116 valence electrons. The van der Waals surface area contributed by atoms with Gasteiger partial charge >= 0.3 is 0 Å². The molecule has 21 heavy (non-hydrogen) atoms. The summed E-state index contributed by atoms with van der Waals surface area (Å²) in [5.41, 5.74) is -0.0770. The van der Waals surface area contributed by atoms with Crippen LogP contribution < -0.4 is 5.32 Å². The molecule has 0 saturated carbocycles. The predicted octanol–water partition coefficient (Wildman–Crippen LogP) is -0.0210. The van der Waals surface area contributed by atoms with Crippen LogP contribution in [0.2, 0.25) is 0 Å². The van der Waals surface area contributed by atoms with Crippen molar-refractivity contribution in [2.45, 2.75) is 19.4 Å². The molecular formula is C15H24N4O2. The van der Waals surface area contributed by atoms with Crippen LogP contribution >= 0.6 is 0 Å². The Balaban J connectivity index is 2.10. The average Bonchev–Trinajstić information content (AvgIpc) is 2.53. The number of hydrogen-bond donors (Lipinski definition) is 1. The number of carbonyl (C=O) groups is 1. The molecule has 0 radical (unpaired) electrons. The number of ether oxygens (including phenoxy) is 1. The van der Waals surface area contributed by atoms with Gasteiger partial charge in [0.1, 0.15) is 11.6 Å². The lowest BCUT2D eigenvalue weighted by molar-refractivity contribution is -0.127. The van der Waals surface area contributed by atoms with Crippen LogP contribution in [0.5, 0.6) is 0 Å². The Hall–Kier alpha value is -1.42. The van der Waals surface area contributed by atoms with Gasteiger partial charge in [0.2, 0.25) is 0 Å². The maximum absolute atomic E-state index is 12.5. The van der Waals surface area contributed by atoms with Crippen molar-refractivity contribution < 1.29 is 9.53 Å². The molecule has 1 N–H and O–H groups in total. The van der Waals surface area contributed by atoms with Crippen molar-refractivity contribution >= 4 is 5.91 Å². The Labute approximate surface area is 126 Å². The molecule has 0 aromatic rings. The van der Waals surface area contributed by atoms with Crippen LogP contribution in [0.1, 0.15) is 13.8 Å².